The van der Waals surface area contributed by atoms with Crippen LogP contribution in [0.25, 0.3) is 21.9 Å². The molecule has 0 bridgehead atoms. The third kappa shape index (κ3) is 5.66. The van der Waals surface area contributed by atoms with Gasteiger partial charge in [-0.2, -0.15) is 0 Å². The fourth-order valence-electron chi connectivity index (χ4n) is 6.43. The van der Waals surface area contributed by atoms with Crippen LogP contribution in [-0.4, -0.2) is 14.2 Å². The van der Waals surface area contributed by atoms with E-state index < -0.39 is 0 Å². The fourth-order valence-corrected chi connectivity index (χ4v) is 6.43. The van der Waals surface area contributed by atoms with E-state index in [1.54, 1.807) is 14.2 Å². The molecule has 0 aliphatic rings. The molecule has 0 unspecified atom stereocenters. The highest BCUT2D eigenvalue weighted by molar-refractivity contribution is 6.07. The van der Waals surface area contributed by atoms with Crippen LogP contribution < -0.4 is 19.3 Å². The lowest BCUT2D eigenvalue weighted by atomic mass is 10.1. The predicted octanol–water partition coefficient (Wildman–Crippen LogP) is 11.8. The van der Waals surface area contributed by atoms with Crippen LogP contribution in [0.15, 0.2) is 126 Å². The van der Waals surface area contributed by atoms with E-state index in [2.05, 4.69) is 147 Å². The van der Waals surface area contributed by atoms with Crippen molar-refractivity contribution in [3.05, 3.63) is 144 Å². The Labute approximate surface area is 276 Å². The third-order valence-electron chi connectivity index (χ3n) is 8.77. The van der Waals surface area contributed by atoms with Gasteiger partial charge in [-0.15, -0.1) is 0 Å². The minimum Gasteiger partial charge on any atom is -0.497 e. The maximum atomic E-state index is 6.67. The van der Waals surface area contributed by atoms with Crippen molar-refractivity contribution in [1.29, 1.82) is 0 Å². The molecule has 0 N–H and O–H groups in total. The van der Waals surface area contributed by atoms with Crippen LogP contribution in [0.4, 0.5) is 34.1 Å². The van der Waals surface area contributed by atoms with Gasteiger partial charge >= 0.3 is 0 Å². The minimum absolute atomic E-state index is 0.834. The van der Waals surface area contributed by atoms with Crippen LogP contribution >= 0.6 is 0 Å². The molecule has 0 saturated carbocycles. The topological polar surface area (TPSA) is 38.1 Å². The quantitative estimate of drug-likeness (QED) is 0.169. The van der Waals surface area contributed by atoms with Gasteiger partial charge in [0.2, 0.25) is 0 Å². The molecule has 6 aromatic carbocycles. The van der Waals surface area contributed by atoms with E-state index in [4.69, 9.17) is 13.9 Å². The van der Waals surface area contributed by atoms with Crippen molar-refractivity contribution in [3.63, 3.8) is 0 Å². The number of nitrogens with zero attached hydrogens (tertiary/aromatic N) is 2. The molecule has 0 atom stereocenters. The molecule has 234 valence electrons. The summed E-state index contributed by atoms with van der Waals surface area (Å²) in [5.41, 5.74) is 12.7. The SMILES string of the molecule is COc1ccc(N(c2cccc(C)c2)c2ccc3c(c2)oc2cc(N(c4cccc(C)c4)c4ccc(OC)cc4C)ccc23)c(C)c1. The molecule has 7 aromatic rings. The zero-order valence-corrected chi connectivity index (χ0v) is 27.7. The average Bonchev–Trinajstić information content (AvgIpc) is 3.43. The molecule has 0 fully saturated rings. The summed E-state index contributed by atoms with van der Waals surface area (Å²) in [6, 6.07) is 42.5. The van der Waals surface area contributed by atoms with Gasteiger partial charge < -0.3 is 23.7 Å². The molecule has 0 amide bonds. The van der Waals surface area contributed by atoms with Crippen molar-refractivity contribution in [2.75, 3.05) is 24.0 Å². The summed E-state index contributed by atoms with van der Waals surface area (Å²) in [5, 5.41) is 2.15. The fraction of sp³-hybridized carbons (Fsp3) is 0.143. The first kappa shape index (κ1) is 30.0. The van der Waals surface area contributed by atoms with Crippen LogP contribution in [-0.2, 0) is 0 Å². The Morgan fingerprint density at radius 2 is 0.872 bits per heavy atom. The van der Waals surface area contributed by atoms with Crippen molar-refractivity contribution in [1.82, 2.24) is 0 Å². The van der Waals surface area contributed by atoms with Gasteiger partial charge in [0, 0.05) is 57.0 Å². The van der Waals surface area contributed by atoms with Crippen LogP contribution in [0, 0.1) is 27.7 Å². The van der Waals surface area contributed by atoms with Crippen LogP contribution in [0.2, 0.25) is 0 Å². The Bertz CT molecular complexity index is 2090. The first-order valence-corrected chi connectivity index (χ1v) is 15.8. The molecule has 5 heteroatoms. The number of anilines is 6. The number of ether oxygens (including phenoxy) is 2. The summed E-state index contributed by atoms with van der Waals surface area (Å²) in [6.45, 7) is 8.48. The molecule has 47 heavy (non-hydrogen) atoms. The van der Waals surface area contributed by atoms with Gasteiger partial charge in [-0.1, -0.05) is 24.3 Å². The third-order valence-corrected chi connectivity index (χ3v) is 8.77. The predicted molar refractivity (Wildman–Crippen MR) is 195 cm³/mol. The maximum absolute atomic E-state index is 6.67. The molecular formula is C42H38N2O3. The minimum atomic E-state index is 0.834. The van der Waals surface area contributed by atoms with Gasteiger partial charge in [0.15, 0.2) is 0 Å². The monoisotopic (exact) mass is 618 g/mol. The highest BCUT2D eigenvalue weighted by Crippen LogP contribution is 2.43. The van der Waals surface area contributed by atoms with Gasteiger partial charge in [0.05, 0.1) is 14.2 Å². The summed E-state index contributed by atoms with van der Waals surface area (Å²) in [6.07, 6.45) is 0. The Morgan fingerprint density at radius 1 is 0.447 bits per heavy atom. The standard InChI is InChI=1S/C42H38N2O3/c1-27-9-7-11-31(21-27)43(39-19-15-35(45-5)23-29(39)3)33-13-17-37-38-18-14-34(26-42(38)47-41(37)25-33)44(32-12-8-10-28(2)22-32)40-20-16-36(46-6)24-30(40)4/h7-26H,1-6H3. The summed E-state index contributed by atoms with van der Waals surface area (Å²) in [5.74, 6) is 1.67. The van der Waals surface area contributed by atoms with E-state index in [9.17, 15) is 0 Å². The molecule has 0 spiro atoms. The molecule has 1 aromatic heterocycles. The summed E-state index contributed by atoms with van der Waals surface area (Å²) in [7, 11) is 3.40. The summed E-state index contributed by atoms with van der Waals surface area (Å²) >= 11 is 0. The van der Waals surface area contributed by atoms with Crippen molar-refractivity contribution in [2.45, 2.75) is 27.7 Å². The smallest absolute Gasteiger partial charge is 0.137 e. The van der Waals surface area contributed by atoms with Gasteiger partial charge in [-0.3, -0.25) is 0 Å². The maximum Gasteiger partial charge on any atom is 0.137 e. The van der Waals surface area contributed by atoms with E-state index >= 15 is 0 Å². The summed E-state index contributed by atoms with van der Waals surface area (Å²) < 4.78 is 17.7. The zero-order chi connectivity index (χ0) is 32.7. The zero-order valence-electron chi connectivity index (χ0n) is 27.7. The number of hydrogen-bond donors (Lipinski definition) is 0. The molecular weight excluding hydrogens is 580 g/mol. The van der Waals surface area contributed by atoms with Crippen molar-refractivity contribution < 1.29 is 13.9 Å². The van der Waals surface area contributed by atoms with Crippen molar-refractivity contribution >= 4 is 56.1 Å². The Hall–Kier alpha value is -5.68. The van der Waals surface area contributed by atoms with Crippen LogP contribution in [0.1, 0.15) is 22.3 Å². The lowest BCUT2D eigenvalue weighted by Gasteiger charge is -2.27. The molecule has 0 aliphatic heterocycles. The van der Waals surface area contributed by atoms with Gasteiger partial charge in [-0.05, 0) is 135 Å². The number of fused-ring (bicyclic) bond motifs is 3. The van der Waals surface area contributed by atoms with Crippen LogP contribution in [0.3, 0.4) is 0 Å². The van der Waals surface area contributed by atoms with E-state index in [1.165, 1.54) is 11.1 Å². The number of furan rings is 1. The number of benzene rings is 6. The van der Waals surface area contributed by atoms with Crippen molar-refractivity contribution in [3.8, 4) is 11.5 Å². The lowest BCUT2D eigenvalue weighted by Crippen LogP contribution is -2.11. The molecule has 0 radical (unpaired) electrons. The molecule has 5 nitrogen and oxygen atoms in total. The van der Waals surface area contributed by atoms with E-state index in [0.29, 0.717) is 0 Å². The second-order valence-corrected chi connectivity index (χ2v) is 12.1. The molecule has 1 heterocycles. The Kier molecular flexibility index (Phi) is 7.82. The number of rotatable bonds is 8. The summed E-state index contributed by atoms with van der Waals surface area (Å²) in [4.78, 5) is 4.57. The second kappa shape index (κ2) is 12.3. The van der Waals surface area contributed by atoms with Gasteiger partial charge in [0.1, 0.15) is 22.7 Å². The highest BCUT2D eigenvalue weighted by atomic mass is 16.5. The van der Waals surface area contributed by atoms with E-state index in [0.717, 1.165) is 78.7 Å². The second-order valence-electron chi connectivity index (χ2n) is 12.1. The highest BCUT2D eigenvalue weighted by Gasteiger charge is 2.20. The lowest BCUT2D eigenvalue weighted by molar-refractivity contribution is 0.414. The van der Waals surface area contributed by atoms with E-state index in [1.807, 2.05) is 12.1 Å². The van der Waals surface area contributed by atoms with Crippen molar-refractivity contribution in [2.24, 2.45) is 0 Å². The first-order valence-electron chi connectivity index (χ1n) is 15.8. The molecule has 7 rings (SSSR count). The Balaban J connectivity index is 1.36. The largest absolute Gasteiger partial charge is 0.497 e. The normalized spacial score (nSPS) is 11.2. The number of methoxy groups -OCH3 is 2. The average molecular weight is 619 g/mol. The van der Waals surface area contributed by atoms with E-state index in [-0.39, 0.29) is 0 Å². The van der Waals surface area contributed by atoms with Gasteiger partial charge in [-0.25, -0.2) is 0 Å². The molecule has 0 saturated heterocycles. The first-order chi connectivity index (χ1) is 22.8. The molecule has 0 aliphatic carbocycles. The Morgan fingerprint density at radius 3 is 1.26 bits per heavy atom. The van der Waals surface area contributed by atoms with Crippen LogP contribution in [0.5, 0.6) is 11.5 Å². The number of hydrogen-bond acceptors (Lipinski definition) is 5. The number of aryl methyl sites for hydroxylation is 4. The van der Waals surface area contributed by atoms with Gasteiger partial charge in [0.25, 0.3) is 0 Å².